The van der Waals surface area contributed by atoms with Crippen LogP contribution in [0.3, 0.4) is 0 Å². The molecule has 3 rings (SSSR count). The van der Waals surface area contributed by atoms with Gasteiger partial charge in [0.05, 0.1) is 28.0 Å². The molecule has 1 spiro atoms. The largest absolute Gasteiger partial charge is 0.398 e. The Kier molecular flexibility index (Phi) is 3.97. The van der Waals surface area contributed by atoms with Crippen LogP contribution >= 0.6 is 0 Å². The molecule has 0 aromatic heterocycles. The first-order valence-electron chi connectivity index (χ1n) is 7.76. The molecule has 1 aromatic carbocycles. The van der Waals surface area contributed by atoms with Gasteiger partial charge in [-0.25, -0.2) is 8.42 Å². The second-order valence-corrected chi connectivity index (χ2v) is 8.34. The van der Waals surface area contributed by atoms with E-state index in [0.29, 0.717) is 5.69 Å². The van der Waals surface area contributed by atoms with Crippen molar-refractivity contribution in [3.8, 4) is 0 Å². The lowest BCUT2D eigenvalue weighted by atomic mass is 9.83. The van der Waals surface area contributed by atoms with Crippen molar-refractivity contribution in [2.45, 2.75) is 61.5 Å². The Hall–Kier alpha value is -1.07. The lowest BCUT2D eigenvalue weighted by Crippen LogP contribution is -2.33. The highest BCUT2D eigenvalue weighted by atomic mass is 32.2. The number of rotatable bonds is 3. The van der Waals surface area contributed by atoms with Crippen molar-refractivity contribution in [2.75, 3.05) is 11.5 Å². The van der Waals surface area contributed by atoms with E-state index in [0.717, 1.165) is 25.7 Å². The number of ether oxygens (including phenoxy) is 1. The Morgan fingerprint density at radius 3 is 2.57 bits per heavy atom. The number of benzene rings is 1. The normalized spacial score (nSPS) is 25.2. The van der Waals surface area contributed by atoms with Crippen LogP contribution in [-0.4, -0.2) is 25.9 Å². The summed E-state index contributed by atoms with van der Waals surface area (Å²) in [6.07, 6.45) is 7.48. The fraction of sp³-hybridized carbons (Fsp3) is 0.625. The second kappa shape index (κ2) is 5.61. The standard InChI is InChI=1S/C16H23NO3S/c17-14-6-2-3-7-15(14)21(18,19)12-13-8-11-16(20-13)9-4-1-5-10-16/h2-3,6-7,13H,1,4-5,8-12,17H2. The molecule has 1 aliphatic carbocycles. The van der Waals surface area contributed by atoms with Crippen molar-refractivity contribution in [1.82, 2.24) is 0 Å². The minimum absolute atomic E-state index is 0.0410. The topological polar surface area (TPSA) is 69.4 Å². The maximum atomic E-state index is 12.5. The van der Waals surface area contributed by atoms with Gasteiger partial charge >= 0.3 is 0 Å². The van der Waals surface area contributed by atoms with Gasteiger partial charge in [-0.3, -0.25) is 0 Å². The minimum Gasteiger partial charge on any atom is -0.398 e. The van der Waals surface area contributed by atoms with Crippen molar-refractivity contribution in [3.05, 3.63) is 24.3 Å². The number of para-hydroxylation sites is 1. The van der Waals surface area contributed by atoms with Gasteiger partial charge < -0.3 is 10.5 Å². The zero-order chi connectivity index (χ0) is 14.9. The predicted molar refractivity (Wildman–Crippen MR) is 82.8 cm³/mol. The molecular formula is C16H23NO3S. The van der Waals surface area contributed by atoms with Crippen LogP contribution in [0, 0.1) is 0 Å². The molecule has 116 valence electrons. The third kappa shape index (κ3) is 3.09. The second-order valence-electron chi connectivity index (χ2n) is 6.34. The van der Waals surface area contributed by atoms with Gasteiger partial charge in [0.2, 0.25) is 0 Å². The van der Waals surface area contributed by atoms with E-state index in [-0.39, 0.29) is 22.4 Å². The predicted octanol–water partition coefficient (Wildman–Crippen LogP) is 2.92. The molecule has 1 aliphatic heterocycles. The number of hydrogen-bond donors (Lipinski definition) is 1. The number of nitrogens with two attached hydrogens (primary N) is 1. The van der Waals surface area contributed by atoms with Crippen molar-refractivity contribution in [3.63, 3.8) is 0 Å². The molecule has 21 heavy (non-hydrogen) atoms. The van der Waals surface area contributed by atoms with Crippen LogP contribution in [0.5, 0.6) is 0 Å². The number of anilines is 1. The van der Waals surface area contributed by atoms with Gasteiger partial charge in [-0.05, 0) is 37.8 Å². The van der Waals surface area contributed by atoms with Crippen molar-refractivity contribution in [2.24, 2.45) is 0 Å². The van der Waals surface area contributed by atoms with Gasteiger partial charge in [0, 0.05) is 0 Å². The van der Waals surface area contributed by atoms with E-state index in [4.69, 9.17) is 10.5 Å². The zero-order valence-electron chi connectivity index (χ0n) is 12.3. The smallest absolute Gasteiger partial charge is 0.182 e. The molecule has 1 unspecified atom stereocenters. The first-order valence-corrected chi connectivity index (χ1v) is 9.41. The van der Waals surface area contributed by atoms with Crippen molar-refractivity contribution < 1.29 is 13.2 Å². The summed E-state index contributed by atoms with van der Waals surface area (Å²) in [4.78, 5) is 0.234. The highest BCUT2D eigenvalue weighted by Crippen LogP contribution is 2.42. The van der Waals surface area contributed by atoms with E-state index in [2.05, 4.69) is 0 Å². The van der Waals surface area contributed by atoms with Crippen molar-refractivity contribution >= 4 is 15.5 Å². The van der Waals surface area contributed by atoms with Crippen LogP contribution in [0.2, 0.25) is 0 Å². The highest BCUT2D eigenvalue weighted by Gasteiger charge is 2.42. The fourth-order valence-electron chi connectivity index (χ4n) is 3.68. The number of hydrogen-bond acceptors (Lipinski definition) is 4. The summed E-state index contributed by atoms with van der Waals surface area (Å²) in [5, 5.41) is 0. The third-order valence-electron chi connectivity index (χ3n) is 4.76. The molecule has 4 nitrogen and oxygen atoms in total. The van der Waals surface area contributed by atoms with Gasteiger partial charge in [-0.2, -0.15) is 0 Å². The van der Waals surface area contributed by atoms with E-state index in [1.54, 1.807) is 24.3 Å². The van der Waals surface area contributed by atoms with Gasteiger partial charge in [-0.1, -0.05) is 31.4 Å². The number of nitrogen functional groups attached to an aromatic ring is 1. The average molecular weight is 309 g/mol. The van der Waals surface area contributed by atoms with E-state index >= 15 is 0 Å². The van der Waals surface area contributed by atoms with E-state index in [9.17, 15) is 8.42 Å². The SMILES string of the molecule is Nc1ccccc1S(=O)(=O)CC1CCC2(CCCCC2)O1. The van der Waals surface area contributed by atoms with Crippen LogP contribution in [0.1, 0.15) is 44.9 Å². The van der Waals surface area contributed by atoms with Crippen LogP contribution < -0.4 is 5.73 Å². The fourth-order valence-corrected chi connectivity index (χ4v) is 5.29. The molecule has 2 N–H and O–H groups in total. The van der Waals surface area contributed by atoms with E-state index < -0.39 is 9.84 Å². The zero-order valence-corrected chi connectivity index (χ0v) is 13.1. The molecule has 2 aliphatic rings. The monoisotopic (exact) mass is 309 g/mol. The summed E-state index contributed by atoms with van der Waals surface area (Å²) in [5.74, 6) is 0.0446. The molecule has 0 amide bonds. The van der Waals surface area contributed by atoms with Gasteiger partial charge in [0.1, 0.15) is 0 Å². The van der Waals surface area contributed by atoms with E-state index in [1.807, 2.05) is 0 Å². The molecule has 1 saturated heterocycles. The molecule has 1 aromatic rings. The van der Waals surface area contributed by atoms with Crippen LogP contribution in [-0.2, 0) is 14.6 Å². The summed E-state index contributed by atoms with van der Waals surface area (Å²) in [6.45, 7) is 0. The van der Waals surface area contributed by atoms with Crippen molar-refractivity contribution in [1.29, 1.82) is 0 Å². The molecule has 1 heterocycles. The first kappa shape index (κ1) is 14.9. The molecule has 2 fully saturated rings. The molecule has 1 atom stereocenters. The highest BCUT2D eigenvalue weighted by molar-refractivity contribution is 7.91. The molecule has 0 bridgehead atoms. The Balaban J connectivity index is 1.71. The maximum Gasteiger partial charge on any atom is 0.182 e. The molecule has 5 heteroatoms. The average Bonchev–Trinajstić information content (AvgIpc) is 2.81. The summed E-state index contributed by atoms with van der Waals surface area (Å²) in [6, 6.07) is 6.67. The summed E-state index contributed by atoms with van der Waals surface area (Å²) in [5.41, 5.74) is 6.08. The summed E-state index contributed by atoms with van der Waals surface area (Å²) < 4.78 is 31.2. The lowest BCUT2D eigenvalue weighted by Gasteiger charge is -2.33. The third-order valence-corrected chi connectivity index (χ3v) is 6.62. The Morgan fingerprint density at radius 1 is 1.14 bits per heavy atom. The van der Waals surface area contributed by atoms with Crippen LogP contribution in [0.4, 0.5) is 5.69 Å². The quantitative estimate of drug-likeness (QED) is 0.872. The number of sulfone groups is 1. The minimum atomic E-state index is -3.38. The Labute approximate surface area is 126 Å². The van der Waals surface area contributed by atoms with Gasteiger partial charge in [-0.15, -0.1) is 0 Å². The summed E-state index contributed by atoms with van der Waals surface area (Å²) >= 11 is 0. The van der Waals surface area contributed by atoms with Crippen LogP contribution in [0.15, 0.2) is 29.2 Å². The molecule has 1 saturated carbocycles. The van der Waals surface area contributed by atoms with Crippen LogP contribution in [0.25, 0.3) is 0 Å². The lowest BCUT2D eigenvalue weighted by molar-refractivity contribution is -0.0559. The first-order chi connectivity index (χ1) is 10.0. The maximum absolute atomic E-state index is 12.5. The Morgan fingerprint density at radius 2 is 1.86 bits per heavy atom. The van der Waals surface area contributed by atoms with E-state index in [1.165, 1.54) is 19.3 Å². The molecular weight excluding hydrogens is 286 g/mol. The Bertz CT molecular complexity index is 606. The van der Waals surface area contributed by atoms with Gasteiger partial charge in [0.15, 0.2) is 9.84 Å². The summed E-state index contributed by atoms with van der Waals surface area (Å²) in [7, 11) is -3.38. The van der Waals surface area contributed by atoms with Gasteiger partial charge in [0.25, 0.3) is 0 Å². The molecule has 0 radical (unpaired) electrons.